The zero-order chi connectivity index (χ0) is 20.9. The Labute approximate surface area is 177 Å². The molecule has 5 nitrogen and oxygen atoms in total. The van der Waals surface area contributed by atoms with Crippen LogP contribution in [0, 0.1) is 0 Å². The molecule has 1 heterocycles. The van der Waals surface area contributed by atoms with Crippen molar-refractivity contribution in [3.05, 3.63) is 95.6 Å². The summed E-state index contributed by atoms with van der Waals surface area (Å²) >= 11 is 0. The molecule has 0 radical (unpaired) electrons. The van der Waals surface area contributed by atoms with Crippen LogP contribution in [0.15, 0.2) is 78.9 Å². The van der Waals surface area contributed by atoms with E-state index in [0.29, 0.717) is 12.4 Å². The van der Waals surface area contributed by atoms with E-state index in [4.69, 9.17) is 9.47 Å². The summed E-state index contributed by atoms with van der Waals surface area (Å²) in [6, 6.07) is 23.5. The van der Waals surface area contributed by atoms with Gasteiger partial charge in [-0.25, -0.2) is 0 Å². The second-order valence-corrected chi connectivity index (χ2v) is 7.18. The molecule has 5 heteroatoms. The van der Waals surface area contributed by atoms with Crippen LogP contribution in [0.5, 0.6) is 17.2 Å². The Hall–Kier alpha value is -3.44. The fourth-order valence-electron chi connectivity index (χ4n) is 3.83. The number of nitrogens with two attached hydrogens (primary N) is 1. The van der Waals surface area contributed by atoms with Gasteiger partial charge in [-0.2, -0.15) is 0 Å². The van der Waals surface area contributed by atoms with Crippen molar-refractivity contribution in [2.24, 2.45) is 0 Å². The maximum atomic E-state index is 10.5. The number of rotatable bonds is 6. The number of methoxy groups -OCH3 is 1. The SMILES string of the molecule is CCOc1ccccc1C1NC(c2ccc(OC)cc2)=CC(c2ccccc2O)[NH2+]1. The standard InChI is InChI=1S/C25H26N2O3/c1-3-30-24-11-7-5-9-20(24)25-26-21(17-12-14-18(29-2)15-13-17)16-22(27-25)19-8-4-6-10-23(19)28/h4-16,22,25-28H,3H2,1-2H3/p+1. The lowest BCUT2D eigenvalue weighted by molar-refractivity contribution is -0.731. The summed E-state index contributed by atoms with van der Waals surface area (Å²) in [6.07, 6.45) is 2.08. The number of benzene rings is 3. The number of phenols is 1. The molecule has 0 saturated heterocycles. The van der Waals surface area contributed by atoms with Crippen LogP contribution in [-0.4, -0.2) is 18.8 Å². The minimum Gasteiger partial charge on any atom is -0.507 e. The van der Waals surface area contributed by atoms with Gasteiger partial charge >= 0.3 is 0 Å². The van der Waals surface area contributed by atoms with Gasteiger partial charge in [0.2, 0.25) is 0 Å². The van der Waals surface area contributed by atoms with E-state index in [1.165, 1.54) is 0 Å². The number of phenolic OH excluding ortho intramolecular Hbond substituents is 1. The van der Waals surface area contributed by atoms with E-state index in [-0.39, 0.29) is 12.2 Å². The molecule has 0 aromatic heterocycles. The first-order chi connectivity index (χ1) is 14.7. The molecule has 2 unspecified atom stereocenters. The average molecular weight is 404 g/mol. The lowest BCUT2D eigenvalue weighted by Crippen LogP contribution is -2.89. The van der Waals surface area contributed by atoms with Crippen LogP contribution in [0.1, 0.15) is 35.8 Å². The maximum absolute atomic E-state index is 10.5. The fourth-order valence-corrected chi connectivity index (χ4v) is 3.83. The monoisotopic (exact) mass is 403 g/mol. The quantitative estimate of drug-likeness (QED) is 0.587. The van der Waals surface area contributed by atoms with Crippen molar-refractivity contribution >= 4 is 5.70 Å². The van der Waals surface area contributed by atoms with Gasteiger partial charge in [0.1, 0.15) is 23.3 Å². The predicted molar refractivity (Wildman–Crippen MR) is 117 cm³/mol. The van der Waals surface area contributed by atoms with Crippen LogP contribution < -0.4 is 20.1 Å². The Bertz CT molecular complexity index is 1030. The second-order valence-electron chi connectivity index (χ2n) is 7.18. The molecule has 0 bridgehead atoms. The number of hydrogen-bond acceptors (Lipinski definition) is 4. The molecule has 2 atom stereocenters. The molecule has 4 N–H and O–H groups in total. The molecular weight excluding hydrogens is 376 g/mol. The van der Waals surface area contributed by atoms with Gasteiger partial charge in [0.05, 0.1) is 24.8 Å². The molecule has 3 aromatic rings. The summed E-state index contributed by atoms with van der Waals surface area (Å²) in [5.74, 6) is 1.97. The topological polar surface area (TPSA) is 67.3 Å². The number of nitrogens with one attached hydrogen (secondary N) is 1. The van der Waals surface area contributed by atoms with Gasteiger partial charge < -0.3 is 25.2 Å². The largest absolute Gasteiger partial charge is 0.507 e. The van der Waals surface area contributed by atoms with Crippen molar-refractivity contribution in [1.82, 2.24) is 5.32 Å². The molecule has 1 aliphatic heterocycles. The van der Waals surface area contributed by atoms with E-state index in [1.54, 1.807) is 13.2 Å². The van der Waals surface area contributed by atoms with Crippen LogP contribution in [0.4, 0.5) is 0 Å². The molecule has 0 saturated carbocycles. The van der Waals surface area contributed by atoms with E-state index in [2.05, 4.69) is 22.8 Å². The van der Waals surface area contributed by atoms with E-state index in [1.807, 2.05) is 67.6 Å². The Morgan fingerprint density at radius 1 is 0.933 bits per heavy atom. The van der Waals surface area contributed by atoms with Crippen LogP contribution in [0.2, 0.25) is 0 Å². The number of hydrogen-bond donors (Lipinski definition) is 3. The van der Waals surface area contributed by atoms with Crippen molar-refractivity contribution in [1.29, 1.82) is 0 Å². The van der Waals surface area contributed by atoms with Gasteiger partial charge in [0.25, 0.3) is 0 Å². The molecule has 30 heavy (non-hydrogen) atoms. The van der Waals surface area contributed by atoms with Crippen molar-refractivity contribution in [3.8, 4) is 17.2 Å². The lowest BCUT2D eigenvalue weighted by atomic mass is 9.97. The zero-order valence-corrected chi connectivity index (χ0v) is 17.2. The third-order valence-electron chi connectivity index (χ3n) is 5.31. The van der Waals surface area contributed by atoms with E-state index in [0.717, 1.165) is 33.9 Å². The molecule has 1 aliphatic rings. The summed E-state index contributed by atoms with van der Waals surface area (Å²) in [7, 11) is 1.66. The molecule has 3 aromatic carbocycles. The summed E-state index contributed by atoms with van der Waals surface area (Å²) in [5, 5.41) is 16.3. The number of quaternary nitrogens is 1. The van der Waals surface area contributed by atoms with E-state index in [9.17, 15) is 5.11 Å². The summed E-state index contributed by atoms with van der Waals surface area (Å²) in [5.41, 5.74) is 4.01. The van der Waals surface area contributed by atoms with Crippen molar-refractivity contribution in [2.45, 2.75) is 19.1 Å². The van der Waals surface area contributed by atoms with Gasteiger partial charge in [0.15, 0.2) is 6.17 Å². The highest BCUT2D eigenvalue weighted by molar-refractivity contribution is 5.66. The molecule has 0 spiro atoms. The van der Waals surface area contributed by atoms with E-state index >= 15 is 0 Å². The Kier molecular flexibility index (Phi) is 5.91. The van der Waals surface area contributed by atoms with Gasteiger partial charge in [-0.3, -0.25) is 0 Å². The number of aromatic hydroxyl groups is 1. The van der Waals surface area contributed by atoms with Crippen LogP contribution in [0.25, 0.3) is 5.70 Å². The maximum Gasteiger partial charge on any atom is 0.190 e. The van der Waals surface area contributed by atoms with Crippen molar-refractivity contribution < 1.29 is 19.9 Å². The minimum atomic E-state index is -0.0699. The van der Waals surface area contributed by atoms with E-state index < -0.39 is 0 Å². The van der Waals surface area contributed by atoms with Crippen LogP contribution >= 0.6 is 0 Å². The highest BCUT2D eigenvalue weighted by Crippen LogP contribution is 2.31. The van der Waals surface area contributed by atoms with Gasteiger partial charge in [-0.05, 0) is 61.0 Å². The van der Waals surface area contributed by atoms with Gasteiger partial charge in [-0.15, -0.1) is 0 Å². The first-order valence-electron chi connectivity index (χ1n) is 10.2. The first-order valence-corrected chi connectivity index (χ1v) is 10.2. The van der Waals surface area contributed by atoms with Crippen LogP contribution in [0.3, 0.4) is 0 Å². The third kappa shape index (κ3) is 4.11. The Morgan fingerprint density at radius 2 is 1.63 bits per heavy atom. The lowest BCUT2D eigenvalue weighted by Gasteiger charge is -2.30. The van der Waals surface area contributed by atoms with Gasteiger partial charge in [0, 0.05) is 11.8 Å². The normalized spacial score (nSPS) is 18.3. The highest BCUT2D eigenvalue weighted by Gasteiger charge is 2.30. The first kappa shape index (κ1) is 19.9. The van der Waals surface area contributed by atoms with Crippen molar-refractivity contribution in [2.75, 3.05) is 13.7 Å². The highest BCUT2D eigenvalue weighted by atomic mass is 16.5. The molecule has 4 rings (SSSR count). The molecule has 154 valence electrons. The summed E-state index contributed by atoms with van der Waals surface area (Å²) in [4.78, 5) is 0. The van der Waals surface area contributed by atoms with Crippen LogP contribution in [-0.2, 0) is 0 Å². The number of para-hydroxylation sites is 2. The number of ether oxygens (including phenoxy) is 2. The van der Waals surface area contributed by atoms with Gasteiger partial charge in [-0.1, -0.05) is 24.3 Å². The molecule has 0 amide bonds. The smallest absolute Gasteiger partial charge is 0.190 e. The molecule has 0 aliphatic carbocycles. The third-order valence-corrected chi connectivity index (χ3v) is 5.31. The summed E-state index contributed by atoms with van der Waals surface area (Å²) in [6.45, 7) is 2.59. The summed E-state index contributed by atoms with van der Waals surface area (Å²) < 4.78 is 11.2. The molecular formula is C25H27N2O3+. The second kappa shape index (κ2) is 8.93. The fraction of sp³-hybridized carbons (Fsp3) is 0.200. The van der Waals surface area contributed by atoms with Crippen molar-refractivity contribution in [3.63, 3.8) is 0 Å². The Balaban J connectivity index is 1.75. The Morgan fingerprint density at radius 3 is 2.33 bits per heavy atom. The average Bonchev–Trinajstić information content (AvgIpc) is 2.80. The zero-order valence-electron chi connectivity index (χ0n) is 17.2. The minimum absolute atomic E-state index is 0.0516. The molecule has 0 fully saturated rings. The predicted octanol–water partition coefficient (Wildman–Crippen LogP) is 3.75.